The number of pyridine rings is 1. The number of carbonyl (C=O) groups is 2. The number of likely N-dealkylation sites (tertiary alicyclic amines) is 1. The van der Waals surface area contributed by atoms with Gasteiger partial charge in [-0.1, -0.05) is 0 Å². The standard InChI is InChI=1S/C18H20N4O4/c1-26-11-17(23)22-3-2-12(10-22)4-15-8-20-9-16(21-15)13-5-14(18(24)25)7-19-6-13/h5-9,12H,2-4,10-11H2,1H3,(H,24,25)/t12-/m1/s1. The van der Waals surface area contributed by atoms with Crippen molar-refractivity contribution in [2.24, 2.45) is 5.92 Å². The van der Waals surface area contributed by atoms with Crippen LogP contribution in [0.5, 0.6) is 0 Å². The molecule has 8 heteroatoms. The predicted molar refractivity (Wildman–Crippen MR) is 92.5 cm³/mol. The maximum absolute atomic E-state index is 11.9. The summed E-state index contributed by atoms with van der Waals surface area (Å²) in [6.45, 7) is 1.52. The number of aromatic nitrogens is 3. The summed E-state index contributed by atoms with van der Waals surface area (Å²) in [4.78, 5) is 37.6. The molecule has 0 aliphatic carbocycles. The van der Waals surface area contributed by atoms with Gasteiger partial charge < -0.3 is 14.7 Å². The van der Waals surface area contributed by atoms with E-state index in [-0.39, 0.29) is 18.1 Å². The zero-order chi connectivity index (χ0) is 18.5. The molecule has 0 saturated carbocycles. The number of amides is 1. The number of rotatable bonds is 6. The Morgan fingerprint density at radius 2 is 2.08 bits per heavy atom. The third kappa shape index (κ3) is 4.20. The molecule has 2 aromatic heterocycles. The van der Waals surface area contributed by atoms with E-state index in [9.17, 15) is 9.59 Å². The fourth-order valence-electron chi connectivity index (χ4n) is 3.08. The lowest BCUT2D eigenvalue weighted by Gasteiger charge is -2.15. The van der Waals surface area contributed by atoms with Crippen molar-refractivity contribution >= 4 is 11.9 Å². The molecule has 3 rings (SSSR count). The monoisotopic (exact) mass is 356 g/mol. The highest BCUT2D eigenvalue weighted by atomic mass is 16.5. The number of carboxylic acids is 1. The molecular formula is C18H20N4O4. The average molecular weight is 356 g/mol. The topological polar surface area (TPSA) is 106 Å². The number of ether oxygens (including phenoxy) is 1. The number of carboxylic acid groups (broad SMARTS) is 1. The lowest BCUT2D eigenvalue weighted by Crippen LogP contribution is -2.31. The molecule has 1 aliphatic rings. The first-order valence-corrected chi connectivity index (χ1v) is 8.33. The van der Waals surface area contributed by atoms with Gasteiger partial charge in [0.2, 0.25) is 5.91 Å². The van der Waals surface area contributed by atoms with Crippen molar-refractivity contribution in [2.75, 3.05) is 26.8 Å². The highest BCUT2D eigenvalue weighted by Crippen LogP contribution is 2.22. The summed E-state index contributed by atoms with van der Waals surface area (Å²) >= 11 is 0. The predicted octanol–water partition coefficient (Wildman–Crippen LogP) is 1.27. The second-order valence-electron chi connectivity index (χ2n) is 6.29. The van der Waals surface area contributed by atoms with Crippen molar-refractivity contribution in [3.63, 3.8) is 0 Å². The van der Waals surface area contributed by atoms with Gasteiger partial charge in [0.25, 0.3) is 0 Å². The van der Waals surface area contributed by atoms with Crippen LogP contribution in [0.3, 0.4) is 0 Å². The van der Waals surface area contributed by atoms with Gasteiger partial charge in [0.15, 0.2) is 0 Å². The molecule has 0 radical (unpaired) electrons. The first-order valence-electron chi connectivity index (χ1n) is 8.33. The van der Waals surface area contributed by atoms with Crippen LogP contribution in [-0.4, -0.2) is 63.6 Å². The van der Waals surface area contributed by atoms with Crippen molar-refractivity contribution in [3.8, 4) is 11.3 Å². The summed E-state index contributed by atoms with van der Waals surface area (Å²) in [6.07, 6.45) is 7.79. The van der Waals surface area contributed by atoms with Crippen LogP contribution in [0.2, 0.25) is 0 Å². The Morgan fingerprint density at radius 3 is 2.85 bits per heavy atom. The number of aromatic carboxylic acids is 1. The molecule has 1 saturated heterocycles. The SMILES string of the molecule is COCC(=O)N1CC[C@H](Cc2cncc(-c3cncc(C(=O)O)c3)n2)C1. The number of hydrogen-bond donors (Lipinski definition) is 1. The molecule has 0 unspecified atom stereocenters. The molecule has 0 aromatic carbocycles. The van der Waals surface area contributed by atoms with E-state index in [1.54, 1.807) is 18.6 Å². The molecule has 1 N–H and O–H groups in total. The maximum Gasteiger partial charge on any atom is 0.337 e. The Bertz CT molecular complexity index is 811. The van der Waals surface area contributed by atoms with Crippen LogP contribution in [0.25, 0.3) is 11.3 Å². The van der Waals surface area contributed by atoms with E-state index in [1.807, 2.05) is 4.90 Å². The van der Waals surface area contributed by atoms with Gasteiger partial charge in [0, 0.05) is 44.4 Å². The minimum absolute atomic E-state index is 0.00592. The molecule has 136 valence electrons. The fraction of sp³-hybridized carbons (Fsp3) is 0.389. The van der Waals surface area contributed by atoms with Gasteiger partial charge >= 0.3 is 5.97 Å². The normalized spacial score (nSPS) is 16.7. The number of methoxy groups -OCH3 is 1. The summed E-state index contributed by atoms with van der Waals surface area (Å²) in [5.41, 5.74) is 2.12. The van der Waals surface area contributed by atoms with Crippen molar-refractivity contribution in [1.82, 2.24) is 19.9 Å². The highest BCUT2D eigenvalue weighted by molar-refractivity contribution is 5.88. The van der Waals surface area contributed by atoms with Gasteiger partial charge in [-0.05, 0) is 24.8 Å². The molecule has 1 amide bonds. The Labute approximate surface area is 150 Å². The zero-order valence-corrected chi connectivity index (χ0v) is 14.5. The molecule has 2 aromatic rings. The van der Waals surface area contributed by atoms with Gasteiger partial charge in [-0.25, -0.2) is 9.78 Å². The summed E-state index contributed by atoms with van der Waals surface area (Å²) in [6, 6.07) is 1.53. The van der Waals surface area contributed by atoms with Crippen molar-refractivity contribution in [1.29, 1.82) is 0 Å². The van der Waals surface area contributed by atoms with E-state index in [1.165, 1.54) is 19.4 Å². The minimum atomic E-state index is -1.03. The Morgan fingerprint density at radius 1 is 1.27 bits per heavy atom. The quantitative estimate of drug-likeness (QED) is 0.831. The first-order chi connectivity index (χ1) is 12.6. The molecule has 0 bridgehead atoms. The van der Waals surface area contributed by atoms with Crippen LogP contribution in [0, 0.1) is 5.92 Å². The molecule has 1 aliphatic heterocycles. The van der Waals surface area contributed by atoms with Gasteiger partial charge in [-0.15, -0.1) is 0 Å². The summed E-state index contributed by atoms with van der Waals surface area (Å²) < 4.78 is 4.90. The first kappa shape index (κ1) is 17.9. The van der Waals surface area contributed by atoms with E-state index in [2.05, 4.69) is 15.0 Å². The number of carbonyl (C=O) groups excluding carboxylic acids is 1. The van der Waals surface area contributed by atoms with E-state index in [0.717, 1.165) is 18.7 Å². The van der Waals surface area contributed by atoms with Gasteiger partial charge in [-0.2, -0.15) is 0 Å². The summed E-state index contributed by atoms with van der Waals surface area (Å²) in [5.74, 6) is -0.703. The largest absolute Gasteiger partial charge is 0.478 e. The van der Waals surface area contributed by atoms with Crippen LogP contribution in [0.1, 0.15) is 22.5 Å². The Balaban J connectivity index is 1.70. The highest BCUT2D eigenvalue weighted by Gasteiger charge is 2.26. The van der Waals surface area contributed by atoms with Crippen LogP contribution in [-0.2, 0) is 16.0 Å². The molecule has 1 fully saturated rings. The second-order valence-corrected chi connectivity index (χ2v) is 6.29. The third-order valence-electron chi connectivity index (χ3n) is 4.37. The molecule has 1 atom stereocenters. The zero-order valence-electron chi connectivity index (χ0n) is 14.5. The third-order valence-corrected chi connectivity index (χ3v) is 4.37. The Kier molecular flexibility index (Phi) is 5.52. The lowest BCUT2D eigenvalue weighted by molar-refractivity contribution is -0.134. The molecule has 8 nitrogen and oxygen atoms in total. The van der Waals surface area contributed by atoms with Gasteiger partial charge in [0.1, 0.15) is 6.61 Å². The molecule has 26 heavy (non-hydrogen) atoms. The second kappa shape index (κ2) is 8.01. The van der Waals surface area contributed by atoms with Crippen molar-refractivity contribution < 1.29 is 19.4 Å². The van der Waals surface area contributed by atoms with E-state index < -0.39 is 5.97 Å². The van der Waals surface area contributed by atoms with Crippen molar-refractivity contribution in [2.45, 2.75) is 12.8 Å². The minimum Gasteiger partial charge on any atom is -0.478 e. The van der Waals surface area contributed by atoms with E-state index >= 15 is 0 Å². The van der Waals surface area contributed by atoms with Gasteiger partial charge in [-0.3, -0.25) is 14.8 Å². The summed E-state index contributed by atoms with van der Waals surface area (Å²) in [5, 5.41) is 9.09. The Hall–Kier alpha value is -2.87. The van der Waals surface area contributed by atoms with E-state index in [0.29, 0.717) is 30.1 Å². The van der Waals surface area contributed by atoms with Crippen molar-refractivity contribution in [3.05, 3.63) is 42.1 Å². The van der Waals surface area contributed by atoms with E-state index in [4.69, 9.17) is 9.84 Å². The lowest BCUT2D eigenvalue weighted by atomic mass is 10.0. The van der Waals surface area contributed by atoms with Crippen LogP contribution in [0.4, 0.5) is 0 Å². The molecular weight excluding hydrogens is 336 g/mol. The smallest absolute Gasteiger partial charge is 0.337 e. The molecule has 0 spiro atoms. The van der Waals surface area contributed by atoms with Gasteiger partial charge in [0.05, 0.1) is 23.1 Å². The van der Waals surface area contributed by atoms with Crippen LogP contribution < -0.4 is 0 Å². The number of nitrogens with zero attached hydrogens (tertiary/aromatic N) is 4. The average Bonchev–Trinajstić information content (AvgIpc) is 3.11. The fourth-order valence-corrected chi connectivity index (χ4v) is 3.08. The van der Waals surface area contributed by atoms with Crippen LogP contribution >= 0.6 is 0 Å². The maximum atomic E-state index is 11.9. The number of hydrogen-bond acceptors (Lipinski definition) is 6. The molecule has 3 heterocycles. The van der Waals surface area contributed by atoms with Crippen LogP contribution in [0.15, 0.2) is 30.9 Å². The summed E-state index contributed by atoms with van der Waals surface area (Å²) in [7, 11) is 1.51.